The second-order valence-electron chi connectivity index (χ2n) is 3.61. The minimum Gasteiger partial charge on any atom is -0.496 e. The first-order chi connectivity index (χ1) is 8.01. The maximum absolute atomic E-state index is 11.8. The highest BCUT2D eigenvalue weighted by Gasteiger charge is 2.14. The lowest BCUT2D eigenvalue weighted by molar-refractivity contribution is 0.289. The normalized spacial score (nSPS) is 11.5. The summed E-state index contributed by atoms with van der Waals surface area (Å²) in [4.78, 5) is 0.203. The van der Waals surface area contributed by atoms with Gasteiger partial charge in [0.15, 0.2) is 0 Å². The van der Waals surface area contributed by atoms with Crippen LogP contribution >= 0.6 is 0 Å². The van der Waals surface area contributed by atoms with Crippen LogP contribution in [0.1, 0.15) is 12.0 Å². The summed E-state index contributed by atoms with van der Waals surface area (Å²) in [6.45, 7) is 1.97. The SMILES string of the molecule is COc1ccc(S(=O)(=O)NCCCO)cc1C. The van der Waals surface area contributed by atoms with Crippen molar-refractivity contribution in [3.63, 3.8) is 0 Å². The molecule has 0 amide bonds. The van der Waals surface area contributed by atoms with Gasteiger partial charge in [-0.2, -0.15) is 0 Å². The molecular formula is C11H17NO4S. The molecule has 0 aromatic heterocycles. The van der Waals surface area contributed by atoms with Crippen LogP contribution in [0, 0.1) is 6.92 Å². The van der Waals surface area contributed by atoms with Crippen molar-refractivity contribution < 1.29 is 18.3 Å². The molecule has 0 saturated heterocycles. The van der Waals surface area contributed by atoms with Crippen LogP contribution in [0.2, 0.25) is 0 Å². The first kappa shape index (κ1) is 14.0. The van der Waals surface area contributed by atoms with Gasteiger partial charge in [0, 0.05) is 13.2 Å². The number of aliphatic hydroxyl groups excluding tert-OH is 1. The summed E-state index contributed by atoms with van der Waals surface area (Å²) < 4.78 is 31.1. The van der Waals surface area contributed by atoms with Crippen molar-refractivity contribution in [2.75, 3.05) is 20.3 Å². The lowest BCUT2D eigenvalue weighted by Gasteiger charge is -2.09. The molecule has 1 aromatic carbocycles. The van der Waals surface area contributed by atoms with Crippen molar-refractivity contribution in [2.24, 2.45) is 0 Å². The van der Waals surface area contributed by atoms with Crippen molar-refractivity contribution >= 4 is 10.0 Å². The fraction of sp³-hybridized carbons (Fsp3) is 0.455. The number of nitrogens with one attached hydrogen (secondary N) is 1. The second kappa shape index (κ2) is 6.00. The van der Waals surface area contributed by atoms with Gasteiger partial charge in [0.2, 0.25) is 10.0 Å². The highest BCUT2D eigenvalue weighted by molar-refractivity contribution is 7.89. The predicted molar refractivity (Wildman–Crippen MR) is 64.6 cm³/mol. The Morgan fingerprint density at radius 1 is 1.41 bits per heavy atom. The van der Waals surface area contributed by atoms with E-state index >= 15 is 0 Å². The van der Waals surface area contributed by atoms with Crippen LogP contribution in [0.15, 0.2) is 23.1 Å². The first-order valence-electron chi connectivity index (χ1n) is 5.26. The van der Waals surface area contributed by atoms with E-state index in [0.717, 1.165) is 5.56 Å². The summed E-state index contributed by atoms with van der Waals surface area (Å²) in [5.74, 6) is 0.652. The average molecular weight is 259 g/mol. The van der Waals surface area contributed by atoms with Crippen LogP contribution in [0.3, 0.4) is 0 Å². The number of aliphatic hydroxyl groups is 1. The van der Waals surface area contributed by atoms with E-state index in [1.54, 1.807) is 19.1 Å². The van der Waals surface area contributed by atoms with E-state index < -0.39 is 10.0 Å². The molecule has 0 aliphatic rings. The van der Waals surface area contributed by atoms with E-state index in [-0.39, 0.29) is 18.0 Å². The number of benzene rings is 1. The molecule has 96 valence electrons. The van der Waals surface area contributed by atoms with E-state index in [4.69, 9.17) is 9.84 Å². The molecule has 17 heavy (non-hydrogen) atoms. The summed E-state index contributed by atoms with van der Waals surface area (Å²) in [6.07, 6.45) is 0.397. The standard InChI is InChI=1S/C11H17NO4S/c1-9-8-10(4-5-11(9)16-2)17(14,15)12-6-3-7-13/h4-5,8,12-13H,3,6-7H2,1-2H3. The maximum Gasteiger partial charge on any atom is 0.240 e. The van der Waals surface area contributed by atoms with Gasteiger partial charge < -0.3 is 9.84 Å². The summed E-state index contributed by atoms with van der Waals surface area (Å²) in [5.41, 5.74) is 0.762. The number of methoxy groups -OCH3 is 1. The number of rotatable bonds is 6. The Labute approximate surface area is 101 Å². The van der Waals surface area contributed by atoms with Gasteiger partial charge in [-0.3, -0.25) is 0 Å². The lowest BCUT2D eigenvalue weighted by Crippen LogP contribution is -2.25. The van der Waals surface area contributed by atoms with Crippen LogP contribution in [0.25, 0.3) is 0 Å². The third-order valence-electron chi connectivity index (χ3n) is 2.30. The molecule has 0 aliphatic heterocycles. The zero-order valence-corrected chi connectivity index (χ0v) is 10.8. The third-order valence-corrected chi connectivity index (χ3v) is 3.76. The number of hydrogen-bond acceptors (Lipinski definition) is 4. The number of ether oxygens (including phenoxy) is 1. The number of hydrogen-bond donors (Lipinski definition) is 2. The zero-order valence-electron chi connectivity index (χ0n) is 9.93. The van der Waals surface area contributed by atoms with Gasteiger partial charge in [0.05, 0.1) is 12.0 Å². The van der Waals surface area contributed by atoms with Crippen LogP contribution in [0.4, 0.5) is 0 Å². The molecule has 6 heteroatoms. The Kier molecular flexibility index (Phi) is 4.92. The minimum atomic E-state index is -3.50. The third kappa shape index (κ3) is 3.69. The molecule has 0 aliphatic carbocycles. The van der Waals surface area contributed by atoms with E-state index in [1.165, 1.54) is 13.2 Å². The minimum absolute atomic E-state index is 0.0375. The van der Waals surface area contributed by atoms with Gasteiger partial charge in [0.25, 0.3) is 0 Å². The highest BCUT2D eigenvalue weighted by Crippen LogP contribution is 2.21. The van der Waals surface area contributed by atoms with Gasteiger partial charge >= 0.3 is 0 Å². The van der Waals surface area contributed by atoms with Crippen LogP contribution in [-0.4, -0.2) is 33.8 Å². The Hall–Kier alpha value is -1.11. The van der Waals surface area contributed by atoms with Crippen LogP contribution in [0.5, 0.6) is 5.75 Å². The fourth-order valence-electron chi connectivity index (χ4n) is 1.39. The topological polar surface area (TPSA) is 75.6 Å². The van der Waals surface area contributed by atoms with Crippen molar-refractivity contribution in [3.05, 3.63) is 23.8 Å². The summed E-state index contributed by atoms with van der Waals surface area (Å²) in [5, 5.41) is 8.59. The van der Waals surface area contributed by atoms with Crippen molar-refractivity contribution in [2.45, 2.75) is 18.2 Å². The van der Waals surface area contributed by atoms with Crippen LogP contribution in [-0.2, 0) is 10.0 Å². The average Bonchev–Trinajstić information content (AvgIpc) is 2.29. The quantitative estimate of drug-likeness (QED) is 0.736. The van der Waals surface area contributed by atoms with Gasteiger partial charge in [-0.25, -0.2) is 13.1 Å². The van der Waals surface area contributed by atoms with Gasteiger partial charge in [-0.15, -0.1) is 0 Å². The Morgan fingerprint density at radius 2 is 2.12 bits per heavy atom. The molecule has 0 unspecified atom stereocenters. The Bertz CT molecular complexity index is 470. The number of aryl methyl sites for hydroxylation is 1. The van der Waals surface area contributed by atoms with E-state index in [9.17, 15) is 8.42 Å². The van der Waals surface area contributed by atoms with Gasteiger partial charge in [-0.05, 0) is 37.1 Å². The predicted octanol–water partition coefficient (Wildman–Crippen LogP) is 0.664. The summed E-state index contributed by atoms with van der Waals surface area (Å²) >= 11 is 0. The second-order valence-corrected chi connectivity index (χ2v) is 5.37. The lowest BCUT2D eigenvalue weighted by atomic mass is 10.2. The molecule has 0 bridgehead atoms. The Morgan fingerprint density at radius 3 is 2.65 bits per heavy atom. The molecule has 0 radical (unpaired) electrons. The molecule has 5 nitrogen and oxygen atoms in total. The maximum atomic E-state index is 11.8. The molecule has 1 aromatic rings. The molecule has 0 spiro atoms. The van der Waals surface area contributed by atoms with E-state index in [1.807, 2.05) is 0 Å². The van der Waals surface area contributed by atoms with Crippen molar-refractivity contribution in [1.82, 2.24) is 4.72 Å². The largest absolute Gasteiger partial charge is 0.496 e. The summed E-state index contributed by atoms with van der Waals surface area (Å²) in [6, 6.07) is 4.67. The summed E-state index contributed by atoms with van der Waals surface area (Å²) in [7, 11) is -1.96. The molecular weight excluding hydrogens is 242 g/mol. The van der Waals surface area contributed by atoms with E-state index in [0.29, 0.717) is 12.2 Å². The zero-order chi connectivity index (χ0) is 12.9. The highest BCUT2D eigenvalue weighted by atomic mass is 32.2. The first-order valence-corrected chi connectivity index (χ1v) is 6.74. The molecule has 0 heterocycles. The van der Waals surface area contributed by atoms with Crippen molar-refractivity contribution in [3.8, 4) is 5.75 Å². The van der Waals surface area contributed by atoms with Gasteiger partial charge in [-0.1, -0.05) is 0 Å². The van der Waals surface area contributed by atoms with E-state index in [2.05, 4.69) is 4.72 Å². The van der Waals surface area contributed by atoms with Crippen LogP contribution < -0.4 is 9.46 Å². The number of sulfonamides is 1. The molecule has 1 rings (SSSR count). The molecule has 0 saturated carbocycles. The molecule has 0 atom stereocenters. The van der Waals surface area contributed by atoms with Crippen molar-refractivity contribution in [1.29, 1.82) is 0 Å². The Balaban J connectivity index is 2.88. The molecule has 2 N–H and O–H groups in total. The smallest absolute Gasteiger partial charge is 0.240 e. The fourth-order valence-corrected chi connectivity index (χ4v) is 2.55. The monoisotopic (exact) mass is 259 g/mol. The molecule has 0 fully saturated rings. The van der Waals surface area contributed by atoms with Gasteiger partial charge in [0.1, 0.15) is 5.75 Å².